The summed E-state index contributed by atoms with van der Waals surface area (Å²) in [6.45, 7) is 7.04. The minimum absolute atomic E-state index is 0.0682. The van der Waals surface area contributed by atoms with Gasteiger partial charge >= 0.3 is 0 Å². The number of hydrogen-bond acceptors (Lipinski definition) is 3. The van der Waals surface area contributed by atoms with E-state index in [9.17, 15) is 0 Å². The van der Waals surface area contributed by atoms with Crippen LogP contribution in [-0.2, 0) is 26.1 Å². The molecular weight excluding hydrogens is 296 g/mol. The van der Waals surface area contributed by atoms with Gasteiger partial charge in [0.15, 0.2) is 0 Å². The van der Waals surface area contributed by atoms with Gasteiger partial charge in [0.05, 0.1) is 0 Å². The maximum Gasteiger partial charge on any atom is 0.123 e. The van der Waals surface area contributed by atoms with Crippen LogP contribution in [0.2, 0.25) is 0 Å². The van der Waals surface area contributed by atoms with E-state index in [2.05, 4.69) is 80.6 Å². The Bertz CT molecular complexity index is 707. The lowest BCUT2D eigenvalue weighted by Crippen LogP contribution is -2.24. The number of rotatable bonds is 6. The van der Waals surface area contributed by atoms with Crippen LogP contribution >= 0.6 is 0 Å². The SMILES string of the molecule is CN(C)Cc1cccc(CNCc2ccc3c(c2)CC(C)(C)O3)c1. The molecule has 0 bridgehead atoms. The zero-order valence-corrected chi connectivity index (χ0v) is 15.2. The third-order valence-electron chi connectivity index (χ3n) is 4.28. The number of hydrogen-bond donors (Lipinski definition) is 1. The molecule has 0 aromatic heterocycles. The number of fused-ring (bicyclic) bond motifs is 1. The lowest BCUT2D eigenvalue weighted by Gasteiger charge is -2.16. The Balaban J connectivity index is 1.56. The zero-order chi connectivity index (χ0) is 17.2. The van der Waals surface area contributed by atoms with E-state index in [1.165, 1.54) is 22.3 Å². The van der Waals surface area contributed by atoms with Gasteiger partial charge in [0, 0.05) is 26.1 Å². The second kappa shape index (κ2) is 6.96. The molecule has 0 saturated carbocycles. The number of nitrogens with zero attached hydrogens (tertiary/aromatic N) is 1. The van der Waals surface area contributed by atoms with Crippen LogP contribution in [0.5, 0.6) is 5.75 Å². The third kappa shape index (κ3) is 4.37. The Morgan fingerprint density at radius 3 is 2.46 bits per heavy atom. The molecule has 0 unspecified atom stereocenters. The summed E-state index contributed by atoms with van der Waals surface area (Å²) < 4.78 is 5.94. The third-order valence-corrected chi connectivity index (χ3v) is 4.28. The van der Waals surface area contributed by atoms with E-state index < -0.39 is 0 Å². The number of nitrogens with one attached hydrogen (secondary N) is 1. The molecule has 24 heavy (non-hydrogen) atoms. The van der Waals surface area contributed by atoms with Crippen LogP contribution in [0.25, 0.3) is 0 Å². The van der Waals surface area contributed by atoms with Crippen molar-refractivity contribution >= 4 is 0 Å². The van der Waals surface area contributed by atoms with Crippen LogP contribution in [0.15, 0.2) is 42.5 Å². The molecule has 0 amide bonds. The van der Waals surface area contributed by atoms with Gasteiger partial charge in [-0.15, -0.1) is 0 Å². The van der Waals surface area contributed by atoms with Crippen LogP contribution in [-0.4, -0.2) is 24.6 Å². The summed E-state index contributed by atoms with van der Waals surface area (Å²) in [4.78, 5) is 2.20. The summed E-state index contributed by atoms with van der Waals surface area (Å²) in [5.74, 6) is 1.04. The molecule has 1 N–H and O–H groups in total. The van der Waals surface area contributed by atoms with Gasteiger partial charge in [-0.05, 0) is 56.3 Å². The standard InChI is InChI=1S/C21H28N2O/c1-21(2)12-19-11-17(8-9-20(19)24-21)14-22-13-16-6-5-7-18(10-16)15-23(3)4/h5-11,22H,12-15H2,1-4H3. The van der Waals surface area contributed by atoms with Crippen molar-refractivity contribution in [2.75, 3.05) is 14.1 Å². The molecule has 0 saturated heterocycles. The van der Waals surface area contributed by atoms with Crippen LogP contribution < -0.4 is 10.1 Å². The van der Waals surface area contributed by atoms with Crippen molar-refractivity contribution in [3.63, 3.8) is 0 Å². The van der Waals surface area contributed by atoms with Gasteiger partial charge in [-0.2, -0.15) is 0 Å². The van der Waals surface area contributed by atoms with E-state index in [1.54, 1.807) is 0 Å². The largest absolute Gasteiger partial charge is 0.487 e. The average Bonchev–Trinajstić information content (AvgIpc) is 2.80. The van der Waals surface area contributed by atoms with E-state index in [0.717, 1.165) is 31.8 Å². The molecule has 0 radical (unpaired) electrons. The predicted octanol–water partition coefficient (Wildman–Crippen LogP) is 3.75. The maximum atomic E-state index is 5.94. The van der Waals surface area contributed by atoms with E-state index in [1.807, 2.05) is 0 Å². The molecule has 2 aromatic rings. The topological polar surface area (TPSA) is 24.5 Å². The minimum atomic E-state index is -0.0682. The second-order valence-corrected chi connectivity index (χ2v) is 7.64. The average molecular weight is 324 g/mol. The van der Waals surface area contributed by atoms with Crippen molar-refractivity contribution in [1.29, 1.82) is 0 Å². The lowest BCUT2D eigenvalue weighted by molar-refractivity contribution is 0.138. The highest BCUT2D eigenvalue weighted by atomic mass is 16.5. The van der Waals surface area contributed by atoms with E-state index in [0.29, 0.717) is 0 Å². The molecule has 0 fully saturated rings. The van der Waals surface area contributed by atoms with E-state index in [4.69, 9.17) is 4.74 Å². The zero-order valence-electron chi connectivity index (χ0n) is 15.2. The van der Waals surface area contributed by atoms with Crippen molar-refractivity contribution in [3.8, 4) is 5.75 Å². The van der Waals surface area contributed by atoms with Crippen LogP contribution in [0.4, 0.5) is 0 Å². The smallest absolute Gasteiger partial charge is 0.123 e. The summed E-state index contributed by atoms with van der Waals surface area (Å²) in [7, 11) is 4.20. The highest BCUT2D eigenvalue weighted by molar-refractivity contribution is 5.41. The monoisotopic (exact) mass is 324 g/mol. The van der Waals surface area contributed by atoms with Crippen LogP contribution in [0.1, 0.15) is 36.1 Å². The van der Waals surface area contributed by atoms with Crippen molar-refractivity contribution in [1.82, 2.24) is 10.2 Å². The quantitative estimate of drug-likeness (QED) is 0.876. The van der Waals surface area contributed by atoms with Gasteiger partial charge < -0.3 is 15.0 Å². The van der Waals surface area contributed by atoms with Crippen molar-refractivity contribution in [3.05, 3.63) is 64.7 Å². The summed E-state index contributed by atoms with van der Waals surface area (Å²) in [5, 5.41) is 3.56. The van der Waals surface area contributed by atoms with Gasteiger partial charge in [-0.1, -0.05) is 36.4 Å². The Morgan fingerprint density at radius 1 is 1.00 bits per heavy atom. The fraction of sp³-hybridized carbons (Fsp3) is 0.429. The van der Waals surface area contributed by atoms with Gasteiger partial charge in [0.25, 0.3) is 0 Å². The first-order valence-electron chi connectivity index (χ1n) is 8.65. The molecule has 1 heterocycles. The van der Waals surface area contributed by atoms with Crippen LogP contribution in [0.3, 0.4) is 0 Å². The van der Waals surface area contributed by atoms with E-state index in [-0.39, 0.29) is 5.60 Å². The Morgan fingerprint density at radius 2 is 1.71 bits per heavy atom. The predicted molar refractivity (Wildman–Crippen MR) is 99.2 cm³/mol. The maximum absolute atomic E-state index is 5.94. The Kier molecular flexibility index (Phi) is 4.93. The molecule has 1 aliphatic heterocycles. The molecule has 3 nitrogen and oxygen atoms in total. The molecule has 1 aliphatic rings. The Labute approximate surface area is 145 Å². The summed E-state index contributed by atoms with van der Waals surface area (Å²) >= 11 is 0. The second-order valence-electron chi connectivity index (χ2n) is 7.64. The van der Waals surface area contributed by atoms with Crippen molar-refractivity contribution < 1.29 is 4.74 Å². The molecule has 0 atom stereocenters. The van der Waals surface area contributed by atoms with Gasteiger partial charge in [-0.3, -0.25) is 0 Å². The molecular formula is C21H28N2O. The fourth-order valence-electron chi connectivity index (χ4n) is 3.33. The van der Waals surface area contributed by atoms with Gasteiger partial charge in [0.1, 0.15) is 11.4 Å². The number of benzene rings is 2. The molecule has 128 valence electrons. The normalized spacial score (nSPS) is 15.4. The van der Waals surface area contributed by atoms with E-state index >= 15 is 0 Å². The van der Waals surface area contributed by atoms with Crippen LogP contribution in [0, 0.1) is 0 Å². The van der Waals surface area contributed by atoms with Gasteiger partial charge in [-0.25, -0.2) is 0 Å². The molecule has 0 aliphatic carbocycles. The summed E-state index contributed by atoms with van der Waals surface area (Å²) in [6, 6.07) is 15.3. The summed E-state index contributed by atoms with van der Waals surface area (Å²) in [6.07, 6.45) is 0.989. The molecule has 3 heteroatoms. The fourth-order valence-corrected chi connectivity index (χ4v) is 3.33. The molecule has 3 rings (SSSR count). The first-order chi connectivity index (χ1) is 11.4. The lowest BCUT2D eigenvalue weighted by atomic mass is 10.0. The Hall–Kier alpha value is -1.84. The highest BCUT2D eigenvalue weighted by Crippen LogP contribution is 2.35. The first kappa shape index (κ1) is 17.0. The van der Waals surface area contributed by atoms with Crippen molar-refractivity contribution in [2.24, 2.45) is 0 Å². The minimum Gasteiger partial charge on any atom is -0.487 e. The molecule has 2 aromatic carbocycles. The molecule has 0 spiro atoms. The van der Waals surface area contributed by atoms with Gasteiger partial charge in [0.2, 0.25) is 0 Å². The summed E-state index contributed by atoms with van der Waals surface area (Å²) in [5.41, 5.74) is 5.27. The first-order valence-corrected chi connectivity index (χ1v) is 8.65. The van der Waals surface area contributed by atoms with Crippen molar-refractivity contribution in [2.45, 2.75) is 45.5 Å². The highest BCUT2D eigenvalue weighted by Gasteiger charge is 2.29. The number of ether oxygens (including phenoxy) is 1.